The maximum absolute atomic E-state index is 11.9. The van der Waals surface area contributed by atoms with Crippen molar-refractivity contribution in [2.75, 3.05) is 13.2 Å². The van der Waals surface area contributed by atoms with Gasteiger partial charge in [0.05, 0.1) is 13.2 Å². The third-order valence-electron chi connectivity index (χ3n) is 5.97. The van der Waals surface area contributed by atoms with Gasteiger partial charge < -0.3 is 24.8 Å². The lowest BCUT2D eigenvalue weighted by Gasteiger charge is -2.34. The van der Waals surface area contributed by atoms with Crippen molar-refractivity contribution in [3.63, 3.8) is 0 Å². The highest BCUT2D eigenvalue weighted by molar-refractivity contribution is 5.87. The number of aliphatic hydroxyl groups excluding tert-OH is 3. The highest BCUT2D eigenvalue weighted by Gasteiger charge is 2.43. The molecule has 1 saturated heterocycles. The summed E-state index contributed by atoms with van der Waals surface area (Å²) < 4.78 is 10.6. The number of ketones is 1. The first kappa shape index (κ1) is 27.5. The van der Waals surface area contributed by atoms with Gasteiger partial charge in [-0.05, 0) is 6.42 Å². The number of ether oxygens (including phenoxy) is 2. The molecule has 1 heterocycles. The van der Waals surface area contributed by atoms with Crippen molar-refractivity contribution in [2.45, 2.75) is 134 Å². The van der Waals surface area contributed by atoms with Crippen molar-refractivity contribution in [1.82, 2.24) is 0 Å². The van der Waals surface area contributed by atoms with Crippen LogP contribution in [-0.4, -0.2) is 58.9 Å². The molecule has 0 spiro atoms. The molecule has 0 saturated carbocycles. The van der Waals surface area contributed by atoms with E-state index in [0.29, 0.717) is 6.61 Å². The van der Waals surface area contributed by atoms with Gasteiger partial charge in [-0.25, -0.2) is 0 Å². The first-order chi connectivity index (χ1) is 14.6. The summed E-state index contributed by atoms with van der Waals surface area (Å²) in [4.78, 5) is 11.9. The Labute approximate surface area is 183 Å². The SMILES string of the molecule is CCCCCCCCCCCCCCCCCCOC1O[C@H](CO)[C@@H](O)[C@H](O)C1=O. The minimum absolute atomic E-state index is 0.371. The number of Topliss-reactive ketones (excluding diaryl/α,β-unsaturated/α-hetero) is 1. The lowest BCUT2D eigenvalue weighted by atomic mass is 10.0. The van der Waals surface area contributed by atoms with E-state index in [1.165, 1.54) is 83.5 Å². The Balaban J connectivity index is 1.86. The standard InChI is InChI=1S/C24H46O6/c1-2-3-4-5-6-7-8-9-10-11-12-13-14-15-16-17-18-29-24-23(28)22(27)21(26)20(19-25)30-24/h20-22,24-27H,2-19H2,1H3/t20-,21-,22+,24?/m1/s1. The van der Waals surface area contributed by atoms with E-state index in [-0.39, 0.29) is 0 Å². The minimum Gasteiger partial charge on any atom is -0.394 e. The van der Waals surface area contributed by atoms with Gasteiger partial charge in [-0.1, -0.05) is 103 Å². The molecule has 6 heteroatoms. The second-order valence-electron chi connectivity index (χ2n) is 8.70. The van der Waals surface area contributed by atoms with Crippen molar-refractivity contribution in [3.05, 3.63) is 0 Å². The van der Waals surface area contributed by atoms with Crippen LogP contribution in [0.25, 0.3) is 0 Å². The van der Waals surface area contributed by atoms with Crippen LogP contribution in [0.2, 0.25) is 0 Å². The van der Waals surface area contributed by atoms with Gasteiger partial charge in [0.1, 0.15) is 18.3 Å². The Hall–Kier alpha value is -0.530. The number of aliphatic hydroxyl groups is 3. The van der Waals surface area contributed by atoms with E-state index in [9.17, 15) is 15.0 Å². The quantitative estimate of drug-likeness (QED) is 0.265. The molecule has 30 heavy (non-hydrogen) atoms. The predicted octanol–water partition coefficient (Wildman–Crippen LogP) is 4.27. The molecular formula is C24H46O6. The first-order valence-corrected chi connectivity index (χ1v) is 12.4. The number of carbonyl (C=O) groups excluding carboxylic acids is 1. The van der Waals surface area contributed by atoms with Gasteiger partial charge >= 0.3 is 0 Å². The molecule has 1 unspecified atom stereocenters. The van der Waals surface area contributed by atoms with Crippen LogP contribution in [0.15, 0.2) is 0 Å². The number of rotatable bonds is 19. The van der Waals surface area contributed by atoms with E-state index in [4.69, 9.17) is 14.6 Å². The van der Waals surface area contributed by atoms with Crippen LogP contribution in [-0.2, 0) is 14.3 Å². The monoisotopic (exact) mass is 430 g/mol. The van der Waals surface area contributed by atoms with Crippen molar-refractivity contribution in [2.24, 2.45) is 0 Å². The summed E-state index contributed by atoms with van der Waals surface area (Å²) in [5, 5.41) is 28.5. The van der Waals surface area contributed by atoms with Crippen LogP contribution in [0.4, 0.5) is 0 Å². The zero-order valence-electron chi connectivity index (χ0n) is 19.1. The van der Waals surface area contributed by atoms with Crippen molar-refractivity contribution in [1.29, 1.82) is 0 Å². The average molecular weight is 431 g/mol. The van der Waals surface area contributed by atoms with Gasteiger partial charge in [0.15, 0.2) is 0 Å². The molecule has 1 fully saturated rings. The first-order valence-electron chi connectivity index (χ1n) is 12.4. The van der Waals surface area contributed by atoms with Crippen LogP contribution in [0.3, 0.4) is 0 Å². The number of carbonyl (C=O) groups is 1. The smallest absolute Gasteiger partial charge is 0.221 e. The lowest BCUT2D eigenvalue weighted by molar-refractivity contribution is -0.239. The summed E-state index contributed by atoms with van der Waals surface area (Å²) >= 11 is 0. The molecule has 0 aliphatic carbocycles. The van der Waals surface area contributed by atoms with Crippen LogP contribution >= 0.6 is 0 Å². The van der Waals surface area contributed by atoms with Gasteiger partial charge in [0, 0.05) is 0 Å². The molecule has 0 radical (unpaired) electrons. The molecule has 4 atom stereocenters. The zero-order valence-corrected chi connectivity index (χ0v) is 19.1. The fourth-order valence-corrected chi connectivity index (χ4v) is 3.93. The fourth-order valence-electron chi connectivity index (χ4n) is 3.93. The lowest BCUT2D eigenvalue weighted by Crippen LogP contribution is -2.56. The second kappa shape index (κ2) is 18.1. The molecule has 0 aromatic carbocycles. The van der Waals surface area contributed by atoms with Gasteiger partial charge in [-0.15, -0.1) is 0 Å². The third-order valence-corrected chi connectivity index (χ3v) is 5.97. The Morgan fingerprint density at radius 1 is 0.767 bits per heavy atom. The minimum atomic E-state index is -1.56. The Morgan fingerprint density at radius 2 is 1.20 bits per heavy atom. The molecule has 3 N–H and O–H groups in total. The van der Waals surface area contributed by atoms with Crippen molar-refractivity contribution in [3.8, 4) is 0 Å². The van der Waals surface area contributed by atoms with Gasteiger partial charge in [0.25, 0.3) is 0 Å². The number of hydrogen-bond donors (Lipinski definition) is 3. The van der Waals surface area contributed by atoms with Gasteiger partial charge in [-0.3, -0.25) is 4.79 Å². The van der Waals surface area contributed by atoms with E-state index in [1.54, 1.807) is 0 Å². The molecule has 1 rings (SSSR count). The van der Waals surface area contributed by atoms with Crippen LogP contribution in [0.1, 0.15) is 110 Å². The summed E-state index contributed by atoms with van der Waals surface area (Å²) in [6.45, 7) is 2.17. The summed E-state index contributed by atoms with van der Waals surface area (Å²) in [7, 11) is 0. The average Bonchev–Trinajstić information content (AvgIpc) is 2.75. The number of unbranched alkanes of at least 4 members (excludes halogenated alkanes) is 15. The Morgan fingerprint density at radius 3 is 1.63 bits per heavy atom. The fraction of sp³-hybridized carbons (Fsp3) is 0.958. The highest BCUT2D eigenvalue weighted by atomic mass is 16.7. The van der Waals surface area contributed by atoms with E-state index in [2.05, 4.69) is 6.92 Å². The number of hydrogen-bond acceptors (Lipinski definition) is 6. The van der Waals surface area contributed by atoms with E-state index >= 15 is 0 Å². The molecule has 0 amide bonds. The Bertz CT molecular complexity index is 417. The van der Waals surface area contributed by atoms with Crippen molar-refractivity contribution < 1.29 is 29.6 Å². The molecule has 6 nitrogen and oxygen atoms in total. The van der Waals surface area contributed by atoms with Crippen LogP contribution in [0.5, 0.6) is 0 Å². The van der Waals surface area contributed by atoms with Gasteiger partial charge in [0.2, 0.25) is 12.1 Å². The van der Waals surface area contributed by atoms with Gasteiger partial charge in [-0.2, -0.15) is 0 Å². The molecule has 0 bridgehead atoms. The third kappa shape index (κ3) is 11.8. The maximum Gasteiger partial charge on any atom is 0.221 e. The molecule has 0 aromatic heterocycles. The normalized spacial score (nSPS) is 24.5. The molecule has 1 aliphatic heterocycles. The molecular weight excluding hydrogens is 384 g/mol. The van der Waals surface area contributed by atoms with Crippen LogP contribution < -0.4 is 0 Å². The molecule has 0 aromatic rings. The summed E-state index contributed by atoms with van der Waals surface area (Å²) in [5.41, 5.74) is 0. The Kier molecular flexibility index (Phi) is 16.6. The molecule has 1 aliphatic rings. The maximum atomic E-state index is 11.9. The summed E-state index contributed by atoms with van der Waals surface area (Å²) in [5.74, 6) is -0.677. The highest BCUT2D eigenvalue weighted by Crippen LogP contribution is 2.19. The van der Waals surface area contributed by atoms with Crippen molar-refractivity contribution >= 4 is 5.78 Å². The largest absolute Gasteiger partial charge is 0.394 e. The topological polar surface area (TPSA) is 96.2 Å². The molecule has 178 valence electrons. The summed E-state index contributed by atoms with van der Waals surface area (Å²) in [6.07, 6.45) is 15.5. The zero-order chi connectivity index (χ0) is 22.0. The van der Waals surface area contributed by atoms with E-state index < -0.39 is 37.0 Å². The summed E-state index contributed by atoms with van der Waals surface area (Å²) in [6, 6.07) is 0. The predicted molar refractivity (Wildman–Crippen MR) is 118 cm³/mol. The second-order valence-corrected chi connectivity index (χ2v) is 8.70. The van der Waals surface area contributed by atoms with E-state index in [1.807, 2.05) is 0 Å². The van der Waals surface area contributed by atoms with Crippen LogP contribution in [0, 0.1) is 0 Å². The van der Waals surface area contributed by atoms with E-state index in [0.717, 1.165) is 19.3 Å².